The molecular weight excluding hydrogens is 474 g/mol. The molecule has 0 radical (unpaired) electrons. The summed E-state index contributed by atoms with van der Waals surface area (Å²) in [5, 5.41) is 12.2. The summed E-state index contributed by atoms with van der Waals surface area (Å²) < 4.78 is 6.42. The fourth-order valence-electron chi connectivity index (χ4n) is 5.96. The molecule has 3 atom stereocenters. The lowest BCUT2D eigenvalue weighted by Gasteiger charge is -2.35. The molecule has 0 spiro atoms. The predicted molar refractivity (Wildman–Crippen MR) is 150 cm³/mol. The number of aryl methyl sites for hydroxylation is 1. The largest absolute Gasteiger partial charge is 0.490 e. The van der Waals surface area contributed by atoms with E-state index in [-0.39, 0.29) is 18.1 Å². The van der Waals surface area contributed by atoms with Gasteiger partial charge in [0.05, 0.1) is 11.6 Å². The summed E-state index contributed by atoms with van der Waals surface area (Å²) in [6, 6.07) is 26.3. The number of carbonyl (C=O) groups is 2. The maximum Gasteiger partial charge on any atom is 0.336 e. The van der Waals surface area contributed by atoms with E-state index in [0.717, 1.165) is 57.2 Å². The van der Waals surface area contributed by atoms with Gasteiger partial charge >= 0.3 is 5.97 Å². The number of carboxylic acid groups (broad SMARTS) is 1. The molecule has 38 heavy (non-hydrogen) atoms. The second-order valence-corrected chi connectivity index (χ2v) is 10.2. The average molecular weight is 508 g/mol. The van der Waals surface area contributed by atoms with Gasteiger partial charge in [0.1, 0.15) is 11.9 Å². The van der Waals surface area contributed by atoms with E-state index in [9.17, 15) is 14.7 Å². The molecule has 4 aromatic rings. The molecule has 1 amide bonds. The van der Waals surface area contributed by atoms with Gasteiger partial charge in [-0.05, 0) is 66.3 Å². The summed E-state index contributed by atoms with van der Waals surface area (Å²) in [6.07, 6.45) is 2.22. The molecule has 0 saturated carbocycles. The van der Waals surface area contributed by atoms with E-state index in [2.05, 4.69) is 43.3 Å². The van der Waals surface area contributed by atoms with Crippen LogP contribution in [0.2, 0.25) is 0 Å². The lowest BCUT2D eigenvalue weighted by molar-refractivity contribution is -0.120. The molecule has 0 bridgehead atoms. The van der Waals surface area contributed by atoms with Crippen LogP contribution in [0, 0.1) is 13.8 Å². The van der Waals surface area contributed by atoms with Gasteiger partial charge in [-0.2, -0.15) is 0 Å². The van der Waals surface area contributed by atoms with Gasteiger partial charge < -0.3 is 14.7 Å². The van der Waals surface area contributed by atoms with E-state index in [0.29, 0.717) is 18.5 Å². The number of para-hydroxylation sites is 1. The maximum absolute atomic E-state index is 12.2. The zero-order valence-electron chi connectivity index (χ0n) is 22.1. The van der Waals surface area contributed by atoms with E-state index in [4.69, 9.17) is 4.74 Å². The predicted octanol–water partition coefficient (Wildman–Crippen LogP) is 7.05. The monoisotopic (exact) mass is 507 g/mol. The highest BCUT2D eigenvalue weighted by Crippen LogP contribution is 2.43. The third kappa shape index (κ3) is 4.76. The van der Waals surface area contributed by atoms with E-state index < -0.39 is 5.97 Å². The molecule has 5 nitrogen and oxygen atoms in total. The van der Waals surface area contributed by atoms with Crippen LogP contribution in [0.15, 0.2) is 78.9 Å². The van der Waals surface area contributed by atoms with Crippen LogP contribution in [0.25, 0.3) is 10.8 Å². The van der Waals surface area contributed by atoms with E-state index in [1.807, 2.05) is 61.2 Å². The SMILES string of the molecule is Cc1ccc(C2CC(CCN(C=O)C(C)c3cccc4ccccc34)Oc3ccccc32)c(C)c1C(=O)O. The normalized spacial score (nSPS) is 17.3. The second-order valence-electron chi connectivity index (χ2n) is 10.2. The van der Waals surface area contributed by atoms with Gasteiger partial charge in [-0.3, -0.25) is 4.79 Å². The first kappa shape index (κ1) is 25.5. The van der Waals surface area contributed by atoms with Crippen molar-refractivity contribution in [1.82, 2.24) is 4.90 Å². The van der Waals surface area contributed by atoms with Gasteiger partial charge in [0.15, 0.2) is 0 Å². The molecule has 1 N–H and O–H groups in total. The highest BCUT2D eigenvalue weighted by atomic mass is 16.5. The van der Waals surface area contributed by atoms with Crippen LogP contribution in [0.3, 0.4) is 0 Å². The van der Waals surface area contributed by atoms with Gasteiger partial charge in [0.2, 0.25) is 6.41 Å². The van der Waals surface area contributed by atoms with Gasteiger partial charge in [0, 0.05) is 24.4 Å². The summed E-state index contributed by atoms with van der Waals surface area (Å²) in [5.74, 6) is -0.0584. The van der Waals surface area contributed by atoms with Crippen LogP contribution in [-0.2, 0) is 4.79 Å². The van der Waals surface area contributed by atoms with Crippen molar-refractivity contribution < 1.29 is 19.4 Å². The minimum absolute atomic E-state index is 0.0174. The van der Waals surface area contributed by atoms with E-state index >= 15 is 0 Å². The number of fused-ring (bicyclic) bond motifs is 2. The first-order valence-electron chi connectivity index (χ1n) is 13.2. The maximum atomic E-state index is 12.2. The fraction of sp³-hybridized carbons (Fsp3) is 0.273. The smallest absolute Gasteiger partial charge is 0.336 e. The first-order valence-corrected chi connectivity index (χ1v) is 13.2. The van der Waals surface area contributed by atoms with Crippen molar-refractivity contribution in [3.05, 3.63) is 112 Å². The van der Waals surface area contributed by atoms with Crippen LogP contribution in [0.1, 0.15) is 69.9 Å². The summed E-state index contributed by atoms with van der Waals surface area (Å²) in [6.45, 7) is 6.37. The van der Waals surface area contributed by atoms with Gasteiger partial charge in [-0.1, -0.05) is 72.8 Å². The Morgan fingerprint density at radius 2 is 1.74 bits per heavy atom. The van der Waals surface area contributed by atoms with Gasteiger partial charge in [-0.25, -0.2) is 4.79 Å². The number of aromatic carboxylic acids is 1. The number of hydrogen-bond donors (Lipinski definition) is 1. The van der Waals surface area contributed by atoms with Crippen molar-refractivity contribution in [1.29, 1.82) is 0 Å². The van der Waals surface area contributed by atoms with Crippen molar-refractivity contribution in [2.45, 2.75) is 51.7 Å². The quantitative estimate of drug-likeness (QED) is 0.260. The molecule has 1 aliphatic rings. The molecule has 1 heterocycles. The lowest BCUT2D eigenvalue weighted by Crippen LogP contribution is -2.33. The van der Waals surface area contributed by atoms with Crippen LogP contribution in [0.4, 0.5) is 0 Å². The molecule has 0 aromatic heterocycles. The third-order valence-electron chi connectivity index (χ3n) is 8.01. The second kappa shape index (κ2) is 10.7. The van der Waals surface area contributed by atoms with E-state index in [1.54, 1.807) is 0 Å². The number of amides is 1. The Kier molecular flexibility index (Phi) is 7.19. The Morgan fingerprint density at radius 3 is 2.53 bits per heavy atom. The number of nitrogens with zero attached hydrogens (tertiary/aromatic N) is 1. The number of rotatable bonds is 8. The Balaban J connectivity index is 1.40. The van der Waals surface area contributed by atoms with Crippen molar-refractivity contribution in [2.24, 2.45) is 0 Å². The van der Waals surface area contributed by atoms with Crippen molar-refractivity contribution in [2.75, 3.05) is 6.54 Å². The van der Waals surface area contributed by atoms with Crippen molar-refractivity contribution >= 4 is 23.2 Å². The van der Waals surface area contributed by atoms with E-state index in [1.165, 1.54) is 0 Å². The highest BCUT2D eigenvalue weighted by molar-refractivity contribution is 5.91. The Hall–Kier alpha value is -4.12. The number of benzene rings is 4. The first-order chi connectivity index (χ1) is 18.4. The Labute approximate surface area is 223 Å². The molecule has 5 heteroatoms. The van der Waals surface area contributed by atoms with Gasteiger partial charge in [0.25, 0.3) is 0 Å². The number of carboxylic acids is 1. The minimum Gasteiger partial charge on any atom is -0.490 e. The van der Waals surface area contributed by atoms with Gasteiger partial charge in [-0.15, -0.1) is 0 Å². The lowest BCUT2D eigenvalue weighted by atomic mass is 9.80. The average Bonchev–Trinajstić information content (AvgIpc) is 2.92. The summed E-state index contributed by atoms with van der Waals surface area (Å²) in [5.41, 5.74) is 5.16. The zero-order chi connectivity index (χ0) is 26.8. The highest BCUT2D eigenvalue weighted by Gasteiger charge is 2.32. The summed E-state index contributed by atoms with van der Waals surface area (Å²) in [4.78, 5) is 26.1. The summed E-state index contributed by atoms with van der Waals surface area (Å²) >= 11 is 0. The molecule has 0 fully saturated rings. The molecule has 1 aliphatic heterocycles. The van der Waals surface area contributed by atoms with Crippen LogP contribution in [-0.4, -0.2) is 35.0 Å². The molecule has 5 rings (SSSR count). The molecule has 0 saturated heterocycles. The van der Waals surface area contributed by atoms with Crippen molar-refractivity contribution in [3.63, 3.8) is 0 Å². The van der Waals surface area contributed by atoms with Crippen LogP contribution in [0.5, 0.6) is 5.75 Å². The fourth-order valence-corrected chi connectivity index (χ4v) is 5.96. The van der Waals surface area contributed by atoms with Crippen LogP contribution >= 0.6 is 0 Å². The third-order valence-corrected chi connectivity index (χ3v) is 8.01. The minimum atomic E-state index is -0.900. The van der Waals surface area contributed by atoms with Crippen LogP contribution < -0.4 is 4.74 Å². The molecule has 194 valence electrons. The molecule has 4 aromatic carbocycles. The number of ether oxygens (including phenoxy) is 1. The Bertz CT molecular complexity index is 1490. The zero-order valence-corrected chi connectivity index (χ0v) is 22.1. The molecular formula is C33H33NO4. The van der Waals surface area contributed by atoms with Crippen molar-refractivity contribution in [3.8, 4) is 5.75 Å². The topological polar surface area (TPSA) is 66.8 Å². The number of carbonyl (C=O) groups excluding carboxylic acids is 1. The molecule has 3 unspecified atom stereocenters. The summed E-state index contributed by atoms with van der Waals surface area (Å²) in [7, 11) is 0. The number of hydrogen-bond acceptors (Lipinski definition) is 3. The molecule has 0 aliphatic carbocycles. The standard InChI is InChI=1S/C33H33NO4/c1-21-15-16-26(22(2)32(21)33(36)37)30-19-25(38-31-14-7-6-12-29(30)31)17-18-34(20-35)23(3)27-13-8-10-24-9-4-5-11-28(24)27/h4-16,20,23,25,30H,17-19H2,1-3H3,(H,36,37). The Morgan fingerprint density at radius 1 is 1.00 bits per heavy atom.